The topological polar surface area (TPSA) is 132 Å². The average molecular weight is 472 g/mol. The molecule has 35 heavy (non-hydrogen) atoms. The van der Waals surface area contributed by atoms with Gasteiger partial charge in [0.25, 0.3) is 5.69 Å². The summed E-state index contributed by atoms with van der Waals surface area (Å²) in [5, 5.41) is 33.1. The van der Waals surface area contributed by atoms with Gasteiger partial charge in [-0.25, -0.2) is 4.79 Å². The van der Waals surface area contributed by atoms with Gasteiger partial charge in [-0.1, -0.05) is 42.5 Å². The number of carbonyl (C=O) groups excluding carboxylic acids is 2. The smallest absolute Gasteiger partial charge is 0.338 e. The summed E-state index contributed by atoms with van der Waals surface area (Å²) in [7, 11) is 0. The highest BCUT2D eigenvalue weighted by Crippen LogP contribution is 2.44. The number of aromatic nitrogens is 1. The zero-order chi connectivity index (χ0) is 25.1. The summed E-state index contributed by atoms with van der Waals surface area (Å²) < 4.78 is 6.19. The van der Waals surface area contributed by atoms with Crippen molar-refractivity contribution >= 4 is 17.4 Å². The maximum Gasteiger partial charge on any atom is 0.338 e. The maximum atomic E-state index is 13.4. The van der Waals surface area contributed by atoms with Gasteiger partial charge in [-0.2, -0.15) is 0 Å². The van der Waals surface area contributed by atoms with Crippen molar-refractivity contribution in [3.05, 3.63) is 106 Å². The Morgan fingerprint density at radius 3 is 2.26 bits per heavy atom. The molecule has 9 heteroatoms. The monoisotopic (exact) mass is 472 g/mol. The van der Waals surface area contributed by atoms with Crippen LogP contribution in [0.2, 0.25) is 0 Å². The number of esters is 1. The second-order valence-corrected chi connectivity index (χ2v) is 7.50. The van der Waals surface area contributed by atoms with Crippen LogP contribution in [0, 0.1) is 10.1 Å². The molecule has 0 aliphatic rings. The molecule has 9 nitrogen and oxygen atoms in total. The highest BCUT2D eigenvalue weighted by atomic mass is 16.6. The number of nitrogens with zero attached hydrogens (tertiary/aromatic N) is 2. The van der Waals surface area contributed by atoms with Gasteiger partial charge in [0.15, 0.2) is 11.5 Å². The van der Waals surface area contributed by atoms with E-state index in [9.17, 15) is 29.9 Å². The van der Waals surface area contributed by atoms with Crippen molar-refractivity contribution in [3.8, 4) is 28.6 Å². The van der Waals surface area contributed by atoms with Gasteiger partial charge in [0.1, 0.15) is 0 Å². The van der Waals surface area contributed by atoms with Crippen LogP contribution in [0.25, 0.3) is 16.9 Å². The number of aromatic hydroxyl groups is 2. The molecule has 4 rings (SSSR count). The number of nitro benzene ring substituents is 1. The molecule has 0 unspecified atom stereocenters. The summed E-state index contributed by atoms with van der Waals surface area (Å²) in [5.74, 6) is -2.41. The zero-order valence-electron chi connectivity index (χ0n) is 18.5. The van der Waals surface area contributed by atoms with Gasteiger partial charge in [-0.3, -0.25) is 19.5 Å². The Morgan fingerprint density at radius 1 is 0.943 bits per heavy atom. The van der Waals surface area contributed by atoms with Gasteiger partial charge in [0.2, 0.25) is 5.88 Å². The number of non-ortho nitro benzene ring substituents is 1. The molecule has 3 aromatic carbocycles. The number of ketones is 1. The molecule has 176 valence electrons. The fraction of sp³-hybridized carbons (Fsp3) is 0.0769. The first-order chi connectivity index (χ1) is 16.8. The second kappa shape index (κ2) is 9.52. The quantitative estimate of drug-likeness (QED) is 0.170. The molecule has 0 bridgehead atoms. The van der Waals surface area contributed by atoms with Crippen LogP contribution >= 0.6 is 0 Å². The first-order valence-electron chi connectivity index (χ1n) is 10.6. The third-order valence-corrected chi connectivity index (χ3v) is 5.35. The number of benzene rings is 3. The van der Waals surface area contributed by atoms with E-state index in [1.54, 1.807) is 37.3 Å². The van der Waals surface area contributed by atoms with E-state index in [2.05, 4.69) is 0 Å². The Kier molecular flexibility index (Phi) is 6.32. The molecule has 0 aliphatic carbocycles. The van der Waals surface area contributed by atoms with Gasteiger partial charge in [-0.15, -0.1) is 0 Å². The molecule has 1 aromatic heterocycles. The van der Waals surface area contributed by atoms with Crippen LogP contribution < -0.4 is 0 Å². The van der Waals surface area contributed by atoms with Gasteiger partial charge in [0.05, 0.1) is 28.4 Å². The minimum atomic E-state index is -0.671. The molecule has 0 amide bonds. The van der Waals surface area contributed by atoms with E-state index in [0.717, 1.165) is 0 Å². The Hall–Kier alpha value is -4.92. The van der Waals surface area contributed by atoms with Crippen LogP contribution in [0.4, 0.5) is 5.69 Å². The van der Waals surface area contributed by atoms with Crippen molar-refractivity contribution in [3.63, 3.8) is 0 Å². The average Bonchev–Trinajstić information content (AvgIpc) is 3.14. The first kappa shape index (κ1) is 23.2. The van der Waals surface area contributed by atoms with Crippen LogP contribution in [0.3, 0.4) is 0 Å². The predicted octanol–water partition coefficient (Wildman–Crippen LogP) is 4.87. The van der Waals surface area contributed by atoms with Crippen LogP contribution in [-0.4, -0.2) is 38.1 Å². The Bertz CT molecular complexity index is 1420. The zero-order valence-corrected chi connectivity index (χ0v) is 18.5. The van der Waals surface area contributed by atoms with E-state index < -0.39 is 28.3 Å². The molecule has 0 saturated heterocycles. The maximum absolute atomic E-state index is 13.4. The van der Waals surface area contributed by atoms with E-state index in [0.29, 0.717) is 5.69 Å². The number of hydrogen-bond donors (Lipinski definition) is 2. The Labute approximate surface area is 199 Å². The molecule has 0 saturated carbocycles. The molecule has 2 N–H and O–H groups in total. The molecular formula is C26H20N2O7. The number of ether oxygens (including phenoxy) is 1. The van der Waals surface area contributed by atoms with Gasteiger partial charge in [-0.05, 0) is 31.2 Å². The second-order valence-electron chi connectivity index (χ2n) is 7.50. The van der Waals surface area contributed by atoms with Gasteiger partial charge in [0, 0.05) is 28.9 Å². The minimum absolute atomic E-state index is 0.0569. The summed E-state index contributed by atoms with van der Waals surface area (Å²) in [6, 6.07) is 19.6. The molecule has 1 heterocycles. The third kappa shape index (κ3) is 4.34. The largest absolute Gasteiger partial charge is 0.503 e. The molecule has 0 spiro atoms. The van der Waals surface area contributed by atoms with Crippen molar-refractivity contribution in [2.75, 3.05) is 6.61 Å². The summed E-state index contributed by atoms with van der Waals surface area (Å²) in [6.07, 6.45) is 0. The lowest BCUT2D eigenvalue weighted by Crippen LogP contribution is -2.06. The standard InChI is InChI=1S/C26H20N2O7/c1-2-35-26(32)17-11-13-19(14-12-17)27-22(18-9-6-10-20(15-18)28(33)34)21(24(30)25(27)31)23(29)16-7-4-3-5-8-16/h3-15,30-31H,2H2,1H3. The summed E-state index contributed by atoms with van der Waals surface area (Å²) in [4.78, 5) is 36.3. The number of hydrogen-bond acceptors (Lipinski definition) is 7. The Balaban J connectivity index is 1.97. The molecule has 4 aromatic rings. The predicted molar refractivity (Wildman–Crippen MR) is 127 cm³/mol. The molecule has 0 atom stereocenters. The fourth-order valence-corrected chi connectivity index (χ4v) is 3.75. The number of carbonyl (C=O) groups is 2. The van der Waals surface area contributed by atoms with Crippen molar-refractivity contribution in [2.45, 2.75) is 6.92 Å². The summed E-state index contributed by atoms with van der Waals surface area (Å²) >= 11 is 0. The van der Waals surface area contributed by atoms with Crippen molar-refractivity contribution < 1.29 is 29.5 Å². The van der Waals surface area contributed by atoms with E-state index in [1.165, 1.54) is 53.1 Å². The van der Waals surface area contributed by atoms with Crippen molar-refractivity contribution in [1.82, 2.24) is 4.57 Å². The lowest BCUT2D eigenvalue weighted by Gasteiger charge is -2.13. The lowest BCUT2D eigenvalue weighted by molar-refractivity contribution is -0.384. The number of nitro groups is 1. The molecule has 0 fully saturated rings. The SMILES string of the molecule is CCOC(=O)c1ccc(-n2c(O)c(O)c(C(=O)c3ccccc3)c2-c2cccc([N+](=O)[O-])c2)cc1. The van der Waals surface area contributed by atoms with Gasteiger partial charge < -0.3 is 14.9 Å². The molecule has 0 radical (unpaired) electrons. The molecular weight excluding hydrogens is 452 g/mol. The summed E-state index contributed by atoms with van der Waals surface area (Å²) in [6.45, 7) is 1.89. The van der Waals surface area contributed by atoms with Crippen LogP contribution in [0.15, 0.2) is 78.9 Å². The Morgan fingerprint density at radius 2 is 1.63 bits per heavy atom. The van der Waals surface area contributed by atoms with Crippen molar-refractivity contribution in [2.24, 2.45) is 0 Å². The van der Waals surface area contributed by atoms with E-state index in [4.69, 9.17) is 4.74 Å². The molecule has 0 aliphatic heterocycles. The highest BCUT2D eigenvalue weighted by molar-refractivity contribution is 6.15. The third-order valence-electron chi connectivity index (χ3n) is 5.35. The first-order valence-corrected chi connectivity index (χ1v) is 10.6. The summed E-state index contributed by atoms with van der Waals surface area (Å²) in [5.41, 5.74) is 0.659. The minimum Gasteiger partial charge on any atom is -0.503 e. The van der Waals surface area contributed by atoms with E-state index in [1.807, 2.05) is 0 Å². The fourth-order valence-electron chi connectivity index (χ4n) is 3.75. The highest BCUT2D eigenvalue weighted by Gasteiger charge is 2.30. The normalized spacial score (nSPS) is 10.7. The van der Waals surface area contributed by atoms with E-state index in [-0.39, 0.29) is 40.2 Å². The van der Waals surface area contributed by atoms with Crippen molar-refractivity contribution in [1.29, 1.82) is 0 Å². The van der Waals surface area contributed by atoms with Crippen LogP contribution in [0.1, 0.15) is 33.2 Å². The lowest BCUT2D eigenvalue weighted by atomic mass is 9.99. The van der Waals surface area contributed by atoms with Crippen LogP contribution in [0.5, 0.6) is 11.6 Å². The van der Waals surface area contributed by atoms with E-state index >= 15 is 0 Å². The van der Waals surface area contributed by atoms with Gasteiger partial charge >= 0.3 is 5.97 Å². The number of rotatable bonds is 7. The van der Waals surface area contributed by atoms with Crippen LogP contribution in [-0.2, 0) is 4.74 Å².